The molecule has 0 spiro atoms. The smallest absolute Gasteiger partial charge is 0.263 e. The number of ether oxygens (including phenoxy) is 2. The van der Waals surface area contributed by atoms with E-state index in [0.29, 0.717) is 22.9 Å². The maximum atomic E-state index is 11.9. The van der Waals surface area contributed by atoms with Gasteiger partial charge in [-0.3, -0.25) is 4.79 Å². The number of carbonyl (C=O) groups is 1. The van der Waals surface area contributed by atoms with Crippen LogP contribution < -0.4 is 14.9 Å². The van der Waals surface area contributed by atoms with Gasteiger partial charge >= 0.3 is 0 Å². The lowest BCUT2D eigenvalue weighted by atomic mass is 10.2. The van der Waals surface area contributed by atoms with E-state index in [9.17, 15) is 4.79 Å². The third-order valence-corrected chi connectivity index (χ3v) is 3.58. The highest BCUT2D eigenvalue weighted by Crippen LogP contribution is 2.30. The molecule has 0 fully saturated rings. The fraction of sp³-hybridized carbons (Fsp3) is 0.167. The molecule has 0 radical (unpaired) electrons. The molecule has 138 valence electrons. The monoisotopic (exact) mass is 366 g/mol. The van der Waals surface area contributed by atoms with Gasteiger partial charge in [0, 0.05) is 5.56 Å². The lowest BCUT2D eigenvalue weighted by molar-refractivity contribution is -0.122. The minimum atomic E-state index is -0.363. The molecule has 1 N–H and O–H groups in total. The van der Waals surface area contributed by atoms with Crippen molar-refractivity contribution in [2.24, 2.45) is 5.10 Å². The van der Waals surface area contributed by atoms with Crippen LogP contribution in [0.4, 0.5) is 0 Å². The molecule has 27 heavy (non-hydrogen) atoms. The zero-order valence-electron chi connectivity index (χ0n) is 14.9. The summed E-state index contributed by atoms with van der Waals surface area (Å²) in [5, 5.41) is 16.0. The van der Waals surface area contributed by atoms with Crippen molar-refractivity contribution in [3.05, 3.63) is 54.1 Å². The van der Waals surface area contributed by atoms with E-state index in [0.717, 1.165) is 5.56 Å². The second kappa shape index (κ2) is 8.56. The number of rotatable bonds is 7. The maximum absolute atomic E-state index is 11.9. The van der Waals surface area contributed by atoms with Crippen LogP contribution >= 0.6 is 0 Å². The topological polar surface area (TPSA) is 104 Å². The fourth-order valence-electron chi connectivity index (χ4n) is 2.28. The van der Waals surface area contributed by atoms with E-state index in [1.54, 1.807) is 38.6 Å². The molecule has 0 unspecified atom stereocenters. The highest BCUT2D eigenvalue weighted by atomic mass is 16.5. The SMILES string of the molecule is COc1ccc(-c2nnn(CC(=O)N/N=C/c3ccccc3)n2)cc1OC. The Bertz CT molecular complexity index is 939. The molecule has 0 atom stereocenters. The summed E-state index contributed by atoms with van der Waals surface area (Å²) in [7, 11) is 3.11. The summed E-state index contributed by atoms with van der Waals surface area (Å²) in [5.74, 6) is 1.17. The van der Waals surface area contributed by atoms with Crippen LogP contribution in [0.2, 0.25) is 0 Å². The average Bonchev–Trinajstić information content (AvgIpc) is 3.16. The predicted octanol–water partition coefficient (Wildman–Crippen LogP) is 1.51. The zero-order valence-corrected chi connectivity index (χ0v) is 14.9. The summed E-state index contributed by atoms with van der Waals surface area (Å²) in [6, 6.07) is 14.7. The summed E-state index contributed by atoms with van der Waals surface area (Å²) in [5.41, 5.74) is 4.00. The van der Waals surface area contributed by atoms with Gasteiger partial charge < -0.3 is 9.47 Å². The molecule has 1 amide bonds. The molecule has 0 aliphatic heterocycles. The third kappa shape index (κ3) is 4.66. The fourth-order valence-corrected chi connectivity index (χ4v) is 2.28. The van der Waals surface area contributed by atoms with Gasteiger partial charge in [-0.2, -0.15) is 9.90 Å². The van der Waals surface area contributed by atoms with Gasteiger partial charge in [-0.05, 0) is 29.0 Å². The quantitative estimate of drug-likeness (QED) is 0.502. The molecule has 9 nitrogen and oxygen atoms in total. The molecule has 0 saturated heterocycles. The molecule has 3 aromatic rings. The normalized spacial score (nSPS) is 10.7. The van der Waals surface area contributed by atoms with Crippen LogP contribution in [0.15, 0.2) is 53.6 Å². The minimum Gasteiger partial charge on any atom is -0.493 e. The van der Waals surface area contributed by atoms with E-state index in [1.807, 2.05) is 30.3 Å². The Balaban J connectivity index is 1.62. The number of hydrogen-bond acceptors (Lipinski definition) is 7. The third-order valence-electron chi connectivity index (χ3n) is 3.58. The van der Waals surface area contributed by atoms with Gasteiger partial charge in [-0.25, -0.2) is 5.43 Å². The first-order chi connectivity index (χ1) is 13.2. The zero-order chi connectivity index (χ0) is 19.1. The van der Waals surface area contributed by atoms with Crippen LogP contribution in [0.1, 0.15) is 5.56 Å². The van der Waals surface area contributed by atoms with Crippen LogP contribution in [0.5, 0.6) is 11.5 Å². The van der Waals surface area contributed by atoms with Crippen molar-refractivity contribution in [3.63, 3.8) is 0 Å². The number of aromatic nitrogens is 4. The highest BCUT2D eigenvalue weighted by molar-refractivity contribution is 5.82. The standard InChI is InChI=1S/C18H18N6O3/c1-26-15-9-8-14(10-16(15)27-2)18-21-23-24(22-18)12-17(25)20-19-11-13-6-4-3-5-7-13/h3-11H,12H2,1-2H3,(H,20,25)/b19-11+. The van der Waals surface area contributed by atoms with Gasteiger partial charge in [0.05, 0.1) is 20.4 Å². The molecular weight excluding hydrogens is 348 g/mol. The van der Waals surface area contributed by atoms with Gasteiger partial charge in [0.2, 0.25) is 5.82 Å². The summed E-state index contributed by atoms with van der Waals surface area (Å²) in [6.07, 6.45) is 1.56. The Labute approximate surface area is 155 Å². The molecule has 0 saturated carbocycles. The van der Waals surface area contributed by atoms with Gasteiger partial charge in [0.1, 0.15) is 6.54 Å². The van der Waals surface area contributed by atoms with Gasteiger partial charge in [0.25, 0.3) is 5.91 Å². The van der Waals surface area contributed by atoms with Crippen molar-refractivity contribution in [2.75, 3.05) is 14.2 Å². The summed E-state index contributed by atoms with van der Waals surface area (Å²) < 4.78 is 10.5. The largest absolute Gasteiger partial charge is 0.493 e. The van der Waals surface area contributed by atoms with Gasteiger partial charge in [0.15, 0.2) is 11.5 Å². The molecule has 2 aromatic carbocycles. The van der Waals surface area contributed by atoms with Crippen molar-refractivity contribution in [2.45, 2.75) is 6.54 Å². The lowest BCUT2D eigenvalue weighted by Gasteiger charge is -2.07. The van der Waals surface area contributed by atoms with Crippen molar-refractivity contribution in [1.82, 2.24) is 25.6 Å². The van der Waals surface area contributed by atoms with E-state index < -0.39 is 0 Å². The number of methoxy groups -OCH3 is 2. The van der Waals surface area contributed by atoms with E-state index in [4.69, 9.17) is 9.47 Å². The first-order valence-corrected chi connectivity index (χ1v) is 8.07. The number of nitrogens with one attached hydrogen (secondary N) is 1. The number of carbonyl (C=O) groups excluding carboxylic acids is 1. The average molecular weight is 366 g/mol. The second-order valence-electron chi connectivity index (χ2n) is 5.42. The lowest BCUT2D eigenvalue weighted by Crippen LogP contribution is -2.24. The highest BCUT2D eigenvalue weighted by Gasteiger charge is 2.12. The minimum absolute atomic E-state index is 0.105. The molecule has 0 bridgehead atoms. The van der Waals surface area contributed by atoms with Crippen LogP contribution in [0.3, 0.4) is 0 Å². The number of tetrazole rings is 1. The van der Waals surface area contributed by atoms with E-state index in [-0.39, 0.29) is 12.5 Å². The van der Waals surface area contributed by atoms with E-state index in [2.05, 4.69) is 25.9 Å². The van der Waals surface area contributed by atoms with Crippen molar-refractivity contribution in [1.29, 1.82) is 0 Å². The van der Waals surface area contributed by atoms with Crippen LogP contribution in [0.25, 0.3) is 11.4 Å². The molecular formula is C18H18N6O3. The van der Waals surface area contributed by atoms with Crippen LogP contribution in [0, 0.1) is 0 Å². The molecule has 9 heteroatoms. The molecule has 1 aromatic heterocycles. The Hall–Kier alpha value is -3.75. The Morgan fingerprint density at radius 3 is 2.67 bits per heavy atom. The number of hydrogen-bond donors (Lipinski definition) is 1. The number of nitrogens with zero attached hydrogens (tertiary/aromatic N) is 5. The van der Waals surface area contributed by atoms with Crippen LogP contribution in [-0.2, 0) is 11.3 Å². The number of hydrazone groups is 1. The van der Waals surface area contributed by atoms with Crippen molar-refractivity contribution >= 4 is 12.1 Å². The summed E-state index contributed by atoms with van der Waals surface area (Å²) >= 11 is 0. The number of benzene rings is 2. The molecule has 3 rings (SSSR count). The maximum Gasteiger partial charge on any atom is 0.263 e. The molecule has 0 aliphatic carbocycles. The van der Waals surface area contributed by atoms with Crippen molar-refractivity contribution < 1.29 is 14.3 Å². The second-order valence-corrected chi connectivity index (χ2v) is 5.42. The van der Waals surface area contributed by atoms with Crippen LogP contribution in [-0.4, -0.2) is 46.5 Å². The Kier molecular flexibility index (Phi) is 5.73. The summed E-state index contributed by atoms with van der Waals surface area (Å²) in [6.45, 7) is -0.105. The van der Waals surface area contributed by atoms with Crippen molar-refractivity contribution in [3.8, 4) is 22.9 Å². The first-order valence-electron chi connectivity index (χ1n) is 8.07. The first kappa shape index (κ1) is 18.1. The number of amides is 1. The van der Waals surface area contributed by atoms with E-state index in [1.165, 1.54) is 4.80 Å². The van der Waals surface area contributed by atoms with Gasteiger partial charge in [-0.15, -0.1) is 10.2 Å². The molecule has 0 aliphatic rings. The van der Waals surface area contributed by atoms with E-state index >= 15 is 0 Å². The summed E-state index contributed by atoms with van der Waals surface area (Å²) in [4.78, 5) is 13.1. The Morgan fingerprint density at radius 1 is 1.15 bits per heavy atom. The Morgan fingerprint density at radius 2 is 1.93 bits per heavy atom. The predicted molar refractivity (Wildman–Crippen MR) is 98.5 cm³/mol. The van der Waals surface area contributed by atoms with Gasteiger partial charge in [-0.1, -0.05) is 30.3 Å². The molecule has 1 heterocycles.